The number of hydrogen-bond acceptors (Lipinski definition) is 5. The summed E-state index contributed by atoms with van der Waals surface area (Å²) in [6.07, 6.45) is 2.43. The van der Waals surface area contributed by atoms with Crippen molar-refractivity contribution >= 4 is 35.2 Å². The minimum Gasteiger partial charge on any atom is -0.463 e. The number of aromatic amines is 2. The number of aliphatic imine (C=N–C) groups is 1. The molecule has 0 radical (unpaired) electrons. The lowest BCUT2D eigenvalue weighted by molar-refractivity contribution is 0.595. The molecule has 0 aliphatic carbocycles. The molecule has 2 heterocycles. The second-order valence-corrected chi connectivity index (χ2v) is 4.80. The fourth-order valence-electron chi connectivity index (χ4n) is 1.87. The highest BCUT2D eigenvalue weighted by molar-refractivity contribution is 7.71. The molecule has 0 atom stereocenters. The highest BCUT2D eigenvalue weighted by Gasteiger charge is 2.06. The number of fused-ring (bicyclic) bond motifs is 1. The summed E-state index contributed by atoms with van der Waals surface area (Å²) in [5, 5.41) is 0.114. The molecule has 0 aliphatic rings. The van der Waals surface area contributed by atoms with Crippen LogP contribution < -0.4 is 11.0 Å². The smallest absolute Gasteiger partial charge is 0.253 e. The third-order valence-corrected chi connectivity index (χ3v) is 3.05. The SMILES string of the molecule is O=c1cc(/N=C/c2coc3ccc(F)cc3c2=O)[nH]c(=S)[nH]1. The lowest BCUT2D eigenvalue weighted by Crippen LogP contribution is -2.08. The quantitative estimate of drug-likeness (QED) is 0.561. The summed E-state index contributed by atoms with van der Waals surface area (Å²) in [6, 6.07) is 4.87. The van der Waals surface area contributed by atoms with E-state index in [4.69, 9.17) is 16.6 Å². The second-order valence-electron chi connectivity index (χ2n) is 4.39. The number of hydrogen-bond donors (Lipinski definition) is 2. The predicted molar refractivity (Wildman–Crippen MR) is 81.9 cm³/mol. The van der Waals surface area contributed by atoms with E-state index in [2.05, 4.69) is 15.0 Å². The number of rotatable bonds is 2. The van der Waals surface area contributed by atoms with E-state index in [1.165, 1.54) is 30.7 Å². The number of nitrogens with zero attached hydrogens (tertiary/aromatic N) is 1. The third kappa shape index (κ3) is 2.77. The van der Waals surface area contributed by atoms with Gasteiger partial charge in [0.05, 0.1) is 10.9 Å². The molecule has 0 saturated heterocycles. The summed E-state index contributed by atoms with van der Waals surface area (Å²) in [4.78, 5) is 32.5. The van der Waals surface area contributed by atoms with Gasteiger partial charge in [-0.2, -0.15) is 0 Å². The van der Waals surface area contributed by atoms with Gasteiger partial charge in [0, 0.05) is 12.3 Å². The Balaban J connectivity index is 2.09. The van der Waals surface area contributed by atoms with Crippen molar-refractivity contribution in [3.63, 3.8) is 0 Å². The van der Waals surface area contributed by atoms with Crippen molar-refractivity contribution in [2.24, 2.45) is 4.99 Å². The Kier molecular flexibility index (Phi) is 3.51. The minimum atomic E-state index is -0.535. The minimum absolute atomic E-state index is 0.114. The van der Waals surface area contributed by atoms with Crippen LogP contribution in [0.2, 0.25) is 0 Å². The van der Waals surface area contributed by atoms with Gasteiger partial charge >= 0.3 is 0 Å². The number of halogens is 1. The summed E-state index contributed by atoms with van der Waals surface area (Å²) in [6.45, 7) is 0. The van der Waals surface area contributed by atoms with Crippen LogP contribution >= 0.6 is 12.2 Å². The molecule has 22 heavy (non-hydrogen) atoms. The molecule has 0 spiro atoms. The van der Waals surface area contributed by atoms with Crippen molar-refractivity contribution in [3.05, 3.63) is 67.3 Å². The van der Waals surface area contributed by atoms with E-state index >= 15 is 0 Å². The van der Waals surface area contributed by atoms with Gasteiger partial charge in [0.1, 0.15) is 23.5 Å². The van der Waals surface area contributed by atoms with Crippen molar-refractivity contribution in [2.45, 2.75) is 0 Å². The zero-order valence-corrected chi connectivity index (χ0v) is 11.7. The zero-order chi connectivity index (χ0) is 15.7. The first-order valence-corrected chi connectivity index (χ1v) is 6.52. The van der Waals surface area contributed by atoms with E-state index < -0.39 is 16.8 Å². The molecule has 2 N–H and O–H groups in total. The first kappa shape index (κ1) is 14.1. The average Bonchev–Trinajstić information content (AvgIpc) is 2.46. The van der Waals surface area contributed by atoms with Crippen LogP contribution in [0.3, 0.4) is 0 Å². The molecular formula is C14H8FN3O3S. The monoisotopic (exact) mass is 317 g/mol. The van der Waals surface area contributed by atoms with Gasteiger partial charge in [0.25, 0.3) is 5.56 Å². The standard InChI is InChI=1S/C14H8FN3O3S/c15-8-1-2-10-9(3-8)13(20)7(6-21-10)5-16-11-4-12(19)18-14(22)17-11/h1-6H,(H2,17,18,19,22)/b16-5+. The van der Waals surface area contributed by atoms with Crippen LogP contribution in [-0.2, 0) is 0 Å². The van der Waals surface area contributed by atoms with Gasteiger partial charge in [-0.3, -0.25) is 14.6 Å². The molecule has 3 rings (SSSR count). The summed E-state index contributed by atoms with van der Waals surface area (Å²) in [5.74, 6) is -0.347. The summed E-state index contributed by atoms with van der Waals surface area (Å²) < 4.78 is 18.6. The molecule has 0 saturated carbocycles. The maximum Gasteiger partial charge on any atom is 0.253 e. The molecule has 3 aromatic rings. The Morgan fingerprint density at radius 2 is 2.05 bits per heavy atom. The van der Waals surface area contributed by atoms with Gasteiger partial charge in [-0.05, 0) is 30.4 Å². The zero-order valence-electron chi connectivity index (χ0n) is 10.9. The van der Waals surface area contributed by atoms with Crippen molar-refractivity contribution < 1.29 is 8.81 Å². The van der Waals surface area contributed by atoms with E-state index in [1.807, 2.05) is 0 Å². The Morgan fingerprint density at radius 1 is 1.23 bits per heavy atom. The van der Waals surface area contributed by atoms with E-state index in [1.54, 1.807) is 0 Å². The van der Waals surface area contributed by atoms with Gasteiger partial charge in [0.2, 0.25) is 5.43 Å². The van der Waals surface area contributed by atoms with E-state index in [0.29, 0.717) is 0 Å². The van der Waals surface area contributed by atoms with E-state index in [-0.39, 0.29) is 27.1 Å². The molecule has 0 unspecified atom stereocenters. The maximum atomic E-state index is 13.2. The van der Waals surface area contributed by atoms with Gasteiger partial charge in [-0.25, -0.2) is 9.38 Å². The van der Waals surface area contributed by atoms with Crippen molar-refractivity contribution in [3.8, 4) is 0 Å². The summed E-state index contributed by atoms with van der Waals surface area (Å²) in [5.41, 5.74) is -0.437. The van der Waals surface area contributed by atoms with E-state index in [9.17, 15) is 14.0 Å². The molecule has 0 bridgehead atoms. The van der Waals surface area contributed by atoms with Gasteiger partial charge in [0.15, 0.2) is 4.77 Å². The summed E-state index contributed by atoms with van der Waals surface area (Å²) >= 11 is 4.81. The molecular weight excluding hydrogens is 309 g/mol. The topological polar surface area (TPSA) is 91.2 Å². The summed E-state index contributed by atoms with van der Waals surface area (Å²) in [7, 11) is 0. The molecule has 0 amide bonds. The fraction of sp³-hybridized carbons (Fsp3) is 0. The van der Waals surface area contributed by atoms with Gasteiger partial charge < -0.3 is 9.40 Å². The van der Waals surface area contributed by atoms with Crippen molar-refractivity contribution in [1.29, 1.82) is 0 Å². The van der Waals surface area contributed by atoms with Crippen LogP contribution in [0.1, 0.15) is 5.56 Å². The Labute approximate surface area is 127 Å². The number of aromatic nitrogens is 2. The molecule has 0 aliphatic heterocycles. The molecule has 1 aromatic carbocycles. The first-order valence-electron chi connectivity index (χ1n) is 6.12. The van der Waals surface area contributed by atoms with Crippen LogP contribution in [0.5, 0.6) is 0 Å². The third-order valence-electron chi connectivity index (χ3n) is 2.85. The van der Waals surface area contributed by atoms with Gasteiger partial charge in [-0.1, -0.05) is 0 Å². The Morgan fingerprint density at radius 3 is 2.82 bits per heavy atom. The highest BCUT2D eigenvalue weighted by Crippen LogP contribution is 2.12. The Hall–Kier alpha value is -2.87. The van der Waals surface area contributed by atoms with E-state index in [0.717, 1.165) is 6.07 Å². The number of nitrogens with one attached hydrogen (secondary N) is 2. The molecule has 0 fully saturated rings. The van der Waals surface area contributed by atoms with Crippen molar-refractivity contribution in [1.82, 2.24) is 9.97 Å². The predicted octanol–water partition coefficient (Wildman–Crippen LogP) is 2.43. The molecule has 110 valence electrons. The average molecular weight is 317 g/mol. The fourth-order valence-corrected chi connectivity index (χ4v) is 2.08. The largest absolute Gasteiger partial charge is 0.463 e. The highest BCUT2D eigenvalue weighted by atomic mass is 32.1. The van der Waals surface area contributed by atoms with Gasteiger partial charge in [-0.15, -0.1) is 0 Å². The number of H-pyrrole nitrogens is 2. The van der Waals surface area contributed by atoms with Crippen molar-refractivity contribution in [2.75, 3.05) is 0 Å². The lowest BCUT2D eigenvalue weighted by Gasteiger charge is -1.98. The van der Waals surface area contributed by atoms with Crippen LogP contribution in [0.4, 0.5) is 10.2 Å². The second kappa shape index (κ2) is 5.49. The molecule has 8 heteroatoms. The normalized spacial score (nSPS) is 11.3. The lowest BCUT2D eigenvalue weighted by atomic mass is 10.2. The number of benzene rings is 1. The molecule has 6 nitrogen and oxygen atoms in total. The Bertz CT molecular complexity index is 1040. The molecule has 2 aromatic heterocycles. The van der Waals surface area contributed by atoms with Crippen LogP contribution in [0.15, 0.2) is 49.5 Å². The maximum absolute atomic E-state index is 13.2. The first-order chi connectivity index (χ1) is 10.5. The van der Waals surface area contributed by atoms with Crippen LogP contribution in [-0.4, -0.2) is 16.2 Å². The van der Waals surface area contributed by atoms with Crippen LogP contribution in [0, 0.1) is 10.6 Å². The van der Waals surface area contributed by atoms with Crippen LogP contribution in [0.25, 0.3) is 11.0 Å².